The first-order valence-electron chi connectivity index (χ1n) is 13.0. The largest absolute Gasteiger partial charge is 0.462 e. The van der Waals surface area contributed by atoms with E-state index in [0.29, 0.717) is 35.4 Å². The van der Waals surface area contributed by atoms with Crippen molar-refractivity contribution in [3.05, 3.63) is 88.2 Å². The number of methoxy groups -OCH3 is 1. The third-order valence-corrected chi connectivity index (χ3v) is 7.31. The monoisotopic (exact) mass is 568 g/mol. The number of esters is 1. The SMILES string of the molecule is CCOC(=O)c1cn(CCOC)c2ccc(-c3cnc(NC(C)=O)cc3-c3nc(-c4ccccc4)cs3)cc2c1=O. The molecule has 2 aromatic carbocycles. The van der Waals surface area contributed by atoms with Gasteiger partial charge in [0.2, 0.25) is 11.3 Å². The van der Waals surface area contributed by atoms with E-state index < -0.39 is 11.4 Å². The Morgan fingerprint density at radius 3 is 2.59 bits per heavy atom. The second-order valence-electron chi connectivity index (χ2n) is 9.21. The molecule has 1 N–H and O–H groups in total. The molecule has 0 aliphatic heterocycles. The van der Waals surface area contributed by atoms with E-state index in [1.807, 2.05) is 52.4 Å². The number of hydrogen-bond donors (Lipinski definition) is 1. The molecule has 0 spiro atoms. The number of benzene rings is 2. The minimum Gasteiger partial charge on any atom is -0.462 e. The van der Waals surface area contributed by atoms with Crippen molar-refractivity contribution in [1.29, 1.82) is 0 Å². The van der Waals surface area contributed by atoms with E-state index in [4.69, 9.17) is 14.5 Å². The zero-order valence-corrected chi connectivity index (χ0v) is 23.7. The van der Waals surface area contributed by atoms with Crippen LogP contribution in [0.1, 0.15) is 24.2 Å². The highest BCUT2D eigenvalue weighted by molar-refractivity contribution is 7.13. The van der Waals surface area contributed by atoms with Gasteiger partial charge in [-0.25, -0.2) is 14.8 Å². The molecule has 3 heterocycles. The average Bonchev–Trinajstić information content (AvgIpc) is 3.47. The van der Waals surface area contributed by atoms with Crippen molar-refractivity contribution in [3.63, 3.8) is 0 Å². The van der Waals surface area contributed by atoms with Crippen molar-refractivity contribution in [2.24, 2.45) is 0 Å². The van der Waals surface area contributed by atoms with Crippen molar-refractivity contribution in [2.75, 3.05) is 25.6 Å². The molecule has 208 valence electrons. The molecule has 0 fully saturated rings. The van der Waals surface area contributed by atoms with Crippen molar-refractivity contribution >= 4 is 39.9 Å². The molecule has 0 aliphatic rings. The zero-order valence-electron chi connectivity index (χ0n) is 22.8. The van der Waals surface area contributed by atoms with Gasteiger partial charge in [-0.2, -0.15) is 0 Å². The molecular weight excluding hydrogens is 540 g/mol. The van der Waals surface area contributed by atoms with Crippen LogP contribution in [0.3, 0.4) is 0 Å². The number of fused-ring (bicyclic) bond motifs is 1. The second-order valence-corrected chi connectivity index (χ2v) is 10.1. The Hall–Kier alpha value is -4.67. The Labute approximate surface area is 240 Å². The van der Waals surface area contributed by atoms with Gasteiger partial charge < -0.3 is 19.4 Å². The second kappa shape index (κ2) is 12.2. The van der Waals surface area contributed by atoms with E-state index in [1.54, 1.807) is 32.4 Å². The summed E-state index contributed by atoms with van der Waals surface area (Å²) >= 11 is 1.47. The van der Waals surface area contributed by atoms with E-state index in [1.165, 1.54) is 24.5 Å². The Morgan fingerprint density at radius 1 is 1.05 bits per heavy atom. The number of carbonyl (C=O) groups is 2. The van der Waals surface area contributed by atoms with E-state index in [-0.39, 0.29) is 18.1 Å². The Morgan fingerprint density at radius 2 is 1.85 bits per heavy atom. The topological polar surface area (TPSA) is 112 Å². The summed E-state index contributed by atoms with van der Waals surface area (Å²) in [5, 5.41) is 5.81. The number of nitrogens with zero attached hydrogens (tertiary/aromatic N) is 3. The maximum absolute atomic E-state index is 13.5. The van der Waals surface area contributed by atoms with Gasteiger partial charge in [0.1, 0.15) is 16.4 Å². The van der Waals surface area contributed by atoms with Gasteiger partial charge in [0, 0.05) is 60.4 Å². The Balaban J connectivity index is 1.68. The number of hydrogen-bond acceptors (Lipinski definition) is 8. The number of pyridine rings is 2. The van der Waals surface area contributed by atoms with Crippen LogP contribution in [-0.4, -0.2) is 46.7 Å². The number of nitrogens with one attached hydrogen (secondary N) is 1. The first-order valence-corrected chi connectivity index (χ1v) is 13.9. The van der Waals surface area contributed by atoms with E-state index in [0.717, 1.165) is 27.4 Å². The van der Waals surface area contributed by atoms with Crippen LogP contribution in [0.2, 0.25) is 0 Å². The molecule has 0 unspecified atom stereocenters. The lowest BCUT2D eigenvalue weighted by Crippen LogP contribution is -2.21. The van der Waals surface area contributed by atoms with Gasteiger partial charge in [-0.15, -0.1) is 11.3 Å². The van der Waals surface area contributed by atoms with Gasteiger partial charge in [-0.05, 0) is 30.7 Å². The molecule has 1 amide bonds. The van der Waals surface area contributed by atoms with Crippen LogP contribution in [0, 0.1) is 0 Å². The molecular formula is C31H28N4O5S. The van der Waals surface area contributed by atoms with Gasteiger partial charge in [-0.3, -0.25) is 9.59 Å². The van der Waals surface area contributed by atoms with Crippen LogP contribution in [0.25, 0.3) is 43.9 Å². The molecule has 0 saturated carbocycles. The first kappa shape index (κ1) is 27.9. The summed E-state index contributed by atoms with van der Waals surface area (Å²) in [7, 11) is 1.59. The van der Waals surface area contributed by atoms with Crippen molar-refractivity contribution in [1.82, 2.24) is 14.5 Å². The highest BCUT2D eigenvalue weighted by atomic mass is 32.1. The molecule has 5 aromatic rings. The van der Waals surface area contributed by atoms with Crippen molar-refractivity contribution in [3.8, 4) is 33.0 Å². The van der Waals surface area contributed by atoms with Crippen LogP contribution in [0.4, 0.5) is 5.82 Å². The minimum absolute atomic E-state index is 0.0422. The summed E-state index contributed by atoms with van der Waals surface area (Å²) in [6.45, 7) is 4.11. The van der Waals surface area contributed by atoms with Crippen molar-refractivity contribution in [2.45, 2.75) is 20.4 Å². The number of amides is 1. The molecule has 9 nitrogen and oxygen atoms in total. The first-order chi connectivity index (χ1) is 19.9. The third-order valence-electron chi connectivity index (χ3n) is 6.44. The summed E-state index contributed by atoms with van der Waals surface area (Å²) in [6, 6.07) is 17.1. The summed E-state index contributed by atoms with van der Waals surface area (Å²) in [4.78, 5) is 47.3. The number of carbonyl (C=O) groups excluding carboxylic acids is 2. The number of ether oxygens (including phenoxy) is 2. The molecule has 41 heavy (non-hydrogen) atoms. The van der Waals surface area contributed by atoms with E-state index in [2.05, 4.69) is 10.3 Å². The fourth-order valence-electron chi connectivity index (χ4n) is 4.54. The van der Waals surface area contributed by atoms with Gasteiger partial charge >= 0.3 is 5.97 Å². The Bertz CT molecular complexity index is 1800. The predicted molar refractivity (Wildman–Crippen MR) is 160 cm³/mol. The van der Waals surface area contributed by atoms with Gasteiger partial charge in [0.15, 0.2) is 0 Å². The maximum Gasteiger partial charge on any atom is 0.343 e. The molecule has 0 aliphatic carbocycles. The summed E-state index contributed by atoms with van der Waals surface area (Å²) in [6.07, 6.45) is 3.18. The van der Waals surface area contributed by atoms with Crippen LogP contribution in [-0.2, 0) is 20.8 Å². The zero-order chi connectivity index (χ0) is 28.9. The molecule has 0 radical (unpaired) electrons. The van der Waals surface area contributed by atoms with Gasteiger partial charge in [-0.1, -0.05) is 36.4 Å². The fourth-order valence-corrected chi connectivity index (χ4v) is 5.40. The molecule has 5 rings (SSSR count). The third kappa shape index (κ3) is 5.93. The number of aromatic nitrogens is 3. The van der Waals surface area contributed by atoms with E-state index >= 15 is 0 Å². The number of anilines is 1. The van der Waals surface area contributed by atoms with Gasteiger partial charge in [0.25, 0.3) is 0 Å². The van der Waals surface area contributed by atoms with Crippen LogP contribution in [0.5, 0.6) is 0 Å². The molecule has 0 saturated heterocycles. The normalized spacial score (nSPS) is 11.0. The molecule has 3 aromatic heterocycles. The lowest BCUT2D eigenvalue weighted by molar-refractivity contribution is -0.114. The fraction of sp³-hybridized carbons (Fsp3) is 0.194. The van der Waals surface area contributed by atoms with Crippen LogP contribution < -0.4 is 10.7 Å². The summed E-state index contributed by atoms with van der Waals surface area (Å²) < 4.78 is 12.2. The van der Waals surface area contributed by atoms with Gasteiger partial charge in [0.05, 0.1) is 24.4 Å². The highest BCUT2D eigenvalue weighted by Gasteiger charge is 2.19. The maximum atomic E-state index is 13.5. The van der Waals surface area contributed by atoms with E-state index in [9.17, 15) is 14.4 Å². The standard InChI is InChI=1S/C31H28N4O5S/c1-4-40-31(38)25-17-35(12-13-39-3)27-11-10-21(14-23(27)29(25)37)24-16-32-28(33-19(2)36)15-22(24)30-34-26(18-41-30)20-8-6-5-7-9-20/h5-11,14-18H,4,12-13H2,1-3H3,(H,32,33,36). The lowest BCUT2D eigenvalue weighted by atomic mass is 9.99. The molecule has 10 heteroatoms. The number of thiazole rings is 1. The summed E-state index contributed by atoms with van der Waals surface area (Å²) in [5.74, 6) is -0.525. The Kier molecular flexibility index (Phi) is 8.32. The van der Waals surface area contributed by atoms with Crippen molar-refractivity contribution < 1.29 is 19.1 Å². The smallest absolute Gasteiger partial charge is 0.343 e. The molecule has 0 bridgehead atoms. The predicted octanol–water partition coefficient (Wildman–Crippen LogP) is 5.64. The quantitative estimate of drug-likeness (QED) is 0.229. The van der Waals surface area contributed by atoms with Crippen LogP contribution >= 0.6 is 11.3 Å². The average molecular weight is 569 g/mol. The molecule has 0 atom stereocenters. The highest BCUT2D eigenvalue weighted by Crippen LogP contribution is 2.37. The van der Waals surface area contributed by atoms with Crippen LogP contribution in [0.15, 0.2) is 77.2 Å². The minimum atomic E-state index is -0.672. The number of rotatable bonds is 9. The lowest BCUT2D eigenvalue weighted by Gasteiger charge is -2.15. The summed E-state index contributed by atoms with van der Waals surface area (Å²) in [5.41, 5.74) is 4.19.